The lowest BCUT2D eigenvalue weighted by molar-refractivity contribution is -0.150. The van der Waals surface area contributed by atoms with Gasteiger partial charge in [0.1, 0.15) is 23.6 Å². The van der Waals surface area contributed by atoms with E-state index in [4.69, 9.17) is 24.7 Å². The molecule has 5 rings (SSSR count). The molecule has 1 amide bonds. The summed E-state index contributed by atoms with van der Waals surface area (Å²) >= 11 is 0. The quantitative estimate of drug-likeness (QED) is 0.151. The molecular formula is C33H35N3O6. The summed E-state index contributed by atoms with van der Waals surface area (Å²) in [5, 5.41) is 3.63. The smallest absolute Gasteiger partial charge is 0.323 e. The number of fused-ring (bicyclic) bond motifs is 1. The molecule has 1 aromatic heterocycles. The third kappa shape index (κ3) is 7.36. The number of carbonyl (C=O) groups is 2. The van der Waals surface area contributed by atoms with Gasteiger partial charge in [-0.15, -0.1) is 0 Å². The van der Waals surface area contributed by atoms with Gasteiger partial charge in [0.25, 0.3) is 5.91 Å². The maximum absolute atomic E-state index is 12.4. The van der Waals surface area contributed by atoms with Crippen LogP contribution in [0.4, 0.5) is 5.69 Å². The number of nitrogens with zero attached hydrogens (tertiary/aromatic N) is 1. The van der Waals surface area contributed by atoms with Crippen LogP contribution >= 0.6 is 0 Å². The minimum atomic E-state index is -0.664. The molecule has 1 fully saturated rings. The molecule has 9 heteroatoms. The van der Waals surface area contributed by atoms with Crippen molar-refractivity contribution in [3.8, 4) is 23.0 Å². The normalized spacial score (nSPS) is 13.9. The fraction of sp³-hybridized carbons (Fsp3) is 0.303. The third-order valence-electron chi connectivity index (χ3n) is 7.17. The van der Waals surface area contributed by atoms with Gasteiger partial charge in [-0.3, -0.25) is 14.6 Å². The number of methoxy groups -OCH3 is 1. The molecule has 1 saturated carbocycles. The lowest BCUT2D eigenvalue weighted by Crippen LogP contribution is -2.34. The Hall–Kier alpha value is -4.63. The van der Waals surface area contributed by atoms with Crippen LogP contribution in [0.15, 0.2) is 79.0 Å². The number of aromatic nitrogens is 1. The molecule has 1 heterocycles. The summed E-state index contributed by atoms with van der Waals surface area (Å²) in [6, 6.07) is 20.9. The number of pyridine rings is 1. The van der Waals surface area contributed by atoms with Crippen molar-refractivity contribution in [2.24, 2.45) is 5.73 Å². The maximum Gasteiger partial charge on any atom is 0.323 e. The van der Waals surface area contributed by atoms with Crippen LogP contribution in [-0.2, 0) is 9.53 Å². The Morgan fingerprint density at radius 1 is 0.976 bits per heavy atom. The molecule has 218 valence electrons. The summed E-state index contributed by atoms with van der Waals surface area (Å²) < 4.78 is 23.2. The number of nitrogens with two attached hydrogens (primary N) is 1. The van der Waals surface area contributed by atoms with E-state index in [1.54, 1.807) is 61.8 Å². The van der Waals surface area contributed by atoms with Gasteiger partial charge in [0.05, 0.1) is 19.2 Å². The highest BCUT2D eigenvalue weighted by molar-refractivity contribution is 6.04. The first kappa shape index (κ1) is 28.9. The summed E-state index contributed by atoms with van der Waals surface area (Å²) in [5.74, 6) is 1.74. The van der Waals surface area contributed by atoms with Crippen molar-refractivity contribution >= 4 is 28.5 Å². The van der Waals surface area contributed by atoms with Gasteiger partial charge < -0.3 is 30.0 Å². The highest BCUT2D eigenvalue weighted by Crippen LogP contribution is 2.37. The van der Waals surface area contributed by atoms with Crippen LogP contribution < -0.4 is 25.3 Å². The Balaban J connectivity index is 1.19. The number of benzene rings is 3. The van der Waals surface area contributed by atoms with Crippen molar-refractivity contribution < 1.29 is 28.5 Å². The molecule has 0 bridgehead atoms. The van der Waals surface area contributed by atoms with Crippen LogP contribution in [0.1, 0.15) is 48.9 Å². The predicted octanol–water partition coefficient (Wildman–Crippen LogP) is 6.26. The lowest BCUT2D eigenvalue weighted by Gasteiger charge is -2.16. The van der Waals surface area contributed by atoms with Crippen molar-refractivity contribution in [1.82, 2.24) is 4.98 Å². The number of hydrogen-bond donors (Lipinski definition) is 2. The Morgan fingerprint density at radius 2 is 1.74 bits per heavy atom. The summed E-state index contributed by atoms with van der Waals surface area (Å²) in [6.45, 7) is 0.357. The summed E-state index contributed by atoms with van der Waals surface area (Å²) in [4.78, 5) is 29.1. The molecule has 0 saturated heterocycles. The van der Waals surface area contributed by atoms with Crippen molar-refractivity contribution in [3.63, 3.8) is 0 Å². The van der Waals surface area contributed by atoms with E-state index >= 15 is 0 Å². The predicted molar refractivity (Wildman–Crippen MR) is 160 cm³/mol. The highest BCUT2D eigenvalue weighted by atomic mass is 16.5. The van der Waals surface area contributed by atoms with E-state index in [1.165, 1.54) is 0 Å². The molecule has 0 radical (unpaired) electrons. The number of anilines is 1. The lowest BCUT2D eigenvalue weighted by atomic mass is 10.1. The molecule has 3 N–H and O–H groups in total. The van der Waals surface area contributed by atoms with Gasteiger partial charge in [0.15, 0.2) is 11.5 Å². The number of ether oxygens (including phenoxy) is 4. The van der Waals surface area contributed by atoms with Gasteiger partial charge in [-0.05, 0) is 87.1 Å². The molecule has 3 aromatic carbocycles. The van der Waals surface area contributed by atoms with Gasteiger partial charge >= 0.3 is 5.97 Å². The maximum atomic E-state index is 12.4. The largest absolute Gasteiger partial charge is 0.493 e. The number of nitrogens with one attached hydrogen (secondary N) is 1. The third-order valence-corrected chi connectivity index (χ3v) is 7.17. The zero-order valence-corrected chi connectivity index (χ0v) is 23.6. The first-order valence-electron chi connectivity index (χ1n) is 14.2. The minimum absolute atomic E-state index is 0.00926. The summed E-state index contributed by atoms with van der Waals surface area (Å²) in [5.41, 5.74) is 7.96. The number of amides is 1. The van der Waals surface area contributed by atoms with Crippen LogP contribution in [0.3, 0.4) is 0 Å². The minimum Gasteiger partial charge on any atom is -0.493 e. The zero-order chi connectivity index (χ0) is 29.3. The van der Waals surface area contributed by atoms with E-state index in [2.05, 4.69) is 10.3 Å². The average molecular weight is 570 g/mol. The summed E-state index contributed by atoms with van der Waals surface area (Å²) in [6.07, 6.45) is 6.76. The van der Waals surface area contributed by atoms with Crippen molar-refractivity contribution in [1.29, 1.82) is 0 Å². The fourth-order valence-electron chi connectivity index (χ4n) is 4.88. The second-order valence-electron chi connectivity index (χ2n) is 10.2. The Labute approximate surface area is 244 Å². The number of hydrogen-bond acceptors (Lipinski definition) is 8. The monoisotopic (exact) mass is 569 g/mol. The van der Waals surface area contributed by atoms with Gasteiger partial charge in [-0.2, -0.15) is 0 Å². The van der Waals surface area contributed by atoms with Gasteiger partial charge in [-0.1, -0.05) is 18.2 Å². The zero-order valence-electron chi connectivity index (χ0n) is 23.6. The number of carbonyl (C=O) groups excluding carboxylic acids is 2. The SMILES string of the molecule is COc1cc2c(Oc3ccc(NC(=O)c4ccccc4)cc3)ccnc2cc1OCCCC(N)C(=O)OC1CCCC1. The van der Waals surface area contributed by atoms with Crippen LogP contribution in [0, 0.1) is 0 Å². The average Bonchev–Trinajstić information content (AvgIpc) is 3.53. The van der Waals surface area contributed by atoms with E-state index in [9.17, 15) is 9.59 Å². The van der Waals surface area contributed by atoms with Crippen LogP contribution in [0.2, 0.25) is 0 Å². The van der Waals surface area contributed by atoms with E-state index in [0.29, 0.717) is 59.2 Å². The van der Waals surface area contributed by atoms with Crippen LogP contribution in [-0.4, -0.2) is 42.7 Å². The number of rotatable bonds is 12. The van der Waals surface area contributed by atoms with Gasteiger partial charge in [0, 0.05) is 28.9 Å². The van der Waals surface area contributed by atoms with Crippen LogP contribution in [0.5, 0.6) is 23.0 Å². The van der Waals surface area contributed by atoms with Crippen molar-refractivity contribution in [2.45, 2.75) is 50.7 Å². The molecule has 9 nitrogen and oxygen atoms in total. The Bertz CT molecular complexity index is 1500. The fourth-order valence-corrected chi connectivity index (χ4v) is 4.88. The Kier molecular flexibility index (Phi) is 9.51. The standard InChI is InChI=1S/C33H35N3O6/c1-39-30-20-26-28(21-31(30)40-19-7-12-27(34)33(38)42-24-10-5-6-11-24)35-18-17-29(26)41-25-15-13-23(14-16-25)36-32(37)22-8-3-2-4-9-22/h2-4,8-9,13-18,20-21,24,27H,5-7,10-12,19,34H2,1H3,(H,36,37). The van der Waals surface area contributed by atoms with Crippen LogP contribution in [0.25, 0.3) is 10.9 Å². The molecule has 1 aliphatic rings. The van der Waals surface area contributed by atoms with Gasteiger partial charge in [-0.25, -0.2) is 0 Å². The van der Waals surface area contributed by atoms with E-state index in [1.807, 2.05) is 24.3 Å². The second kappa shape index (κ2) is 13.8. The topological polar surface area (TPSA) is 122 Å². The Morgan fingerprint density at radius 3 is 2.48 bits per heavy atom. The molecule has 1 aliphatic carbocycles. The number of esters is 1. The molecule has 0 aliphatic heterocycles. The van der Waals surface area contributed by atoms with Crippen molar-refractivity contribution in [2.75, 3.05) is 19.0 Å². The molecule has 1 unspecified atom stereocenters. The van der Waals surface area contributed by atoms with Crippen molar-refractivity contribution in [3.05, 3.63) is 84.6 Å². The first-order chi connectivity index (χ1) is 20.5. The summed E-state index contributed by atoms with van der Waals surface area (Å²) in [7, 11) is 1.57. The molecule has 42 heavy (non-hydrogen) atoms. The van der Waals surface area contributed by atoms with E-state index in [0.717, 1.165) is 31.1 Å². The van der Waals surface area contributed by atoms with E-state index in [-0.39, 0.29) is 18.0 Å². The molecule has 4 aromatic rings. The first-order valence-corrected chi connectivity index (χ1v) is 14.2. The molecule has 0 spiro atoms. The highest BCUT2D eigenvalue weighted by Gasteiger charge is 2.23. The second-order valence-corrected chi connectivity index (χ2v) is 10.2. The van der Waals surface area contributed by atoms with E-state index < -0.39 is 6.04 Å². The van der Waals surface area contributed by atoms with Gasteiger partial charge in [0.2, 0.25) is 0 Å². The molecule has 1 atom stereocenters. The molecular weight excluding hydrogens is 534 g/mol.